The number of carbonyl (C=O) groups excluding carboxylic acids is 1. The highest BCUT2D eigenvalue weighted by molar-refractivity contribution is 5.99. The van der Waals surface area contributed by atoms with Gasteiger partial charge < -0.3 is 0 Å². The fourth-order valence-electron chi connectivity index (χ4n) is 2.93. The molecule has 1 nitrogen and oxygen atoms in total. The van der Waals surface area contributed by atoms with Gasteiger partial charge in [-0.2, -0.15) is 0 Å². The Hall–Kier alpha value is -1.89. The lowest BCUT2D eigenvalue weighted by Crippen LogP contribution is -2.16. The van der Waals surface area contributed by atoms with Gasteiger partial charge in [-0.1, -0.05) is 47.5 Å². The summed E-state index contributed by atoms with van der Waals surface area (Å²) < 4.78 is 0. The van der Waals surface area contributed by atoms with Crippen molar-refractivity contribution in [1.82, 2.24) is 0 Å². The molecule has 0 fully saturated rings. The predicted molar refractivity (Wildman–Crippen MR) is 77.8 cm³/mol. The molecule has 2 aromatic carbocycles. The molecule has 0 aromatic heterocycles. The van der Waals surface area contributed by atoms with E-state index in [1.165, 1.54) is 16.7 Å². The van der Waals surface area contributed by atoms with Gasteiger partial charge in [0.25, 0.3) is 0 Å². The average Bonchev–Trinajstić information content (AvgIpc) is 2.41. The number of ketones is 1. The summed E-state index contributed by atoms with van der Waals surface area (Å²) in [5.41, 5.74) is 5.89. The number of benzene rings is 2. The molecule has 0 spiro atoms. The Kier molecular flexibility index (Phi) is 2.98. The number of aryl methyl sites for hydroxylation is 2. The van der Waals surface area contributed by atoms with Crippen LogP contribution >= 0.6 is 0 Å². The van der Waals surface area contributed by atoms with E-state index in [4.69, 9.17) is 0 Å². The molecular formula is C18H18O. The van der Waals surface area contributed by atoms with Crippen molar-refractivity contribution in [1.29, 1.82) is 0 Å². The lowest BCUT2D eigenvalue weighted by atomic mass is 9.78. The second-order valence-electron chi connectivity index (χ2n) is 5.52. The molecule has 0 radical (unpaired) electrons. The molecule has 1 heteroatoms. The fourth-order valence-corrected chi connectivity index (χ4v) is 2.93. The first kappa shape index (κ1) is 12.2. The Morgan fingerprint density at radius 1 is 0.947 bits per heavy atom. The van der Waals surface area contributed by atoms with Crippen LogP contribution in [0, 0.1) is 13.8 Å². The summed E-state index contributed by atoms with van der Waals surface area (Å²) >= 11 is 0. The highest BCUT2D eigenvalue weighted by Crippen LogP contribution is 2.36. The first-order chi connectivity index (χ1) is 9.15. The van der Waals surface area contributed by atoms with Crippen LogP contribution in [0.3, 0.4) is 0 Å². The predicted octanol–water partition coefficient (Wildman–Crippen LogP) is 4.41. The van der Waals surface area contributed by atoms with Crippen LogP contribution in [0.5, 0.6) is 0 Å². The zero-order chi connectivity index (χ0) is 13.4. The third-order valence-electron chi connectivity index (χ3n) is 4.02. The van der Waals surface area contributed by atoms with Gasteiger partial charge >= 0.3 is 0 Å². The molecule has 19 heavy (non-hydrogen) atoms. The van der Waals surface area contributed by atoms with Gasteiger partial charge in [0.05, 0.1) is 0 Å². The number of Topliss-reactive ketones (excluding diaryl/α,β-unsaturated/α-hetero) is 1. The van der Waals surface area contributed by atoms with Crippen LogP contribution in [0.2, 0.25) is 0 Å². The molecule has 0 saturated heterocycles. The van der Waals surface area contributed by atoms with Gasteiger partial charge in [0.2, 0.25) is 0 Å². The minimum Gasteiger partial charge on any atom is -0.294 e. The van der Waals surface area contributed by atoms with E-state index in [1.54, 1.807) is 0 Å². The lowest BCUT2D eigenvalue weighted by Gasteiger charge is -2.25. The molecule has 0 heterocycles. The molecule has 2 aromatic rings. The van der Waals surface area contributed by atoms with Crippen molar-refractivity contribution >= 4 is 5.78 Å². The molecule has 0 bridgehead atoms. The smallest absolute Gasteiger partial charge is 0.163 e. The molecule has 0 saturated carbocycles. The topological polar surface area (TPSA) is 17.1 Å². The summed E-state index contributed by atoms with van der Waals surface area (Å²) in [6, 6.07) is 15.0. The third kappa shape index (κ3) is 2.21. The van der Waals surface area contributed by atoms with Crippen molar-refractivity contribution in [3.8, 4) is 0 Å². The quantitative estimate of drug-likeness (QED) is 0.732. The second kappa shape index (κ2) is 4.65. The summed E-state index contributed by atoms with van der Waals surface area (Å²) in [6.07, 6.45) is 1.59. The van der Waals surface area contributed by atoms with Gasteiger partial charge in [0.1, 0.15) is 0 Å². The highest BCUT2D eigenvalue weighted by atomic mass is 16.1. The second-order valence-corrected chi connectivity index (χ2v) is 5.52. The summed E-state index contributed by atoms with van der Waals surface area (Å²) in [5.74, 6) is 0.663. The molecule has 0 N–H and O–H groups in total. The maximum atomic E-state index is 12.1. The van der Waals surface area contributed by atoms with E-state index in [-0.39, 0.29) is 0 Å². The number of carbonyl (C=O) groups is 1. The number of fused-ring (bicyclic) bond motifs is 1. The minimum absolute atomic E-state index is 0.294. The molecule has 0 unspecified atom stereocenters. The van der Waals surface area contributed by atoms with Crippen molar-refractivity contribution in [2.45, 2.75) is 32.6 Å². The van der Waals surface area contributed by atoms with Gasteiger partial charge in [-0.15, -0.1) is 0 Å². The summed E-state index contributed by atoms with van der Waals surface area (Å²) in [6.45, 7) is 4.15. The van der Waals surface area contributed by atoms with Crippen LogP contribution in [0.1, 0.15) is 51.4 Å². The molecule has 0 aliphatic heterocycles. The normalized spacial score (nSPS) is 18.2. The minimum atomic E-state index is 0.294. The van der Waals surface area contributed by atoms with Gasteiger partial charge in [-0.25, -0.2) is 0 Å². The van der Waals surface area contributed by atoms with Crippen molar-refractivity contribution in [3.63, 3.8) is 0 Å². The van der Waals surface area contributed by atoms with E-state index < -0.39 is 0 Å². The number of hydrogen-bond donors (Lipinski definition) is 0. The van der Waals surface area contributed by atoms with Crippen molar-refractivity contribution in [3.05, 3.63) is 70.3 Å². The molecule has 1 aliphatic carbocycles. The lowest BCUT2D eigenvalue weighted by molar-refractivity contribution is 0.0969. The Bertz CT molecular complexity index is 623. The monoisotopic (exact) mass is 250 g/mol. The van der Waals surface area contributed by atoms with Crippen LogP contribution in [0.25, 0.3) is 0 Å². The van der Waals surface area contributed by atoms with E-state index in [2.05, 4.69) is 43.3 Å². The Balaban J connectivity index is 2.08. The first-order valence-electron chi connectivity index (χ1n) is 6.85. The fraction of sp³-hybridized carbons (Fsp3) is 0.278. The van der Waals surface area contributed by atoms with Crippen LogP contribution < -0.4 is 0 Å². The van der Waals surface area contributed by atoms with Gasteiger partial charge in [0, 0.05) is 17.9 Å². The first-order valence-corrected chi connectivity index (χ1v) is 6.85. The molecule has 3 rings (SSSR count). The molecule has 1 atom stereocenters. The zero-order valence-electron chi connectivity index (χ0n) is 11.4. The summed E-state index contributed by atoms with van der Waals surface area (Å²) in [7, 11) is 0. The summed E-state index contributed by atoms with van der Waals surface area (Å²) in [5, 5.41) is 0. The number of rotatable bonds is 1. The van der Waals surface area contributed by atoms with Crippen LogP contribution in [0.4, 0.5) is 0 Å². The van der Waals surface area contributed by atoms with Gasteiger partial charge in [-0.3, -0.25) is 4.79 Å². The maximum absolute atomic E-state index is 12.1. The zero-order valence-corrected chi connectivity index (χ0v) is 11.4. The largest absolute Gasteiger partial charge is 0.294 e. The summed E-state index contributed by atoms with van der Waals surface area (Å²) in [4.78, 5) is 12.1. The SMILES string of the molecule is Cc1ccc([C@H]2CCC(=O)c3cc(C)ccc32)cc1. The number of hydrogen-bond acceptors (Lipinski definition) is 1. The maximum Gasteiger partial charge on any atom is 0.163 e. The van der Waals surface area contributed by atoms with E-state index in [0.29, 0.717) is 18.1 Å². The van der Waals surface area contributed by atoms with E-state index >= 15 is 0 Å². The average molecular weight is 250 g/mol. The van der Waals surface area contributed by atoms with Crippen molar-refractivity contribution in [2.24, 2.45) is 0 Å². The molecule has 1 aliphatic rings. The van der Waals surface area contributed by atoms with Crippen LogP contribution in [-0.4, -0.2) is 5.78 Å². The van der Waals surface area contributed by atoms with Gasteiger partial charge in [-0.05, 0) is 37.5 Å². The van der Waals surface area contributed by atoms with Crippen molar-refractivity contribution < 1.29 is 4.79 Å². The Labute approximate surface area is 114 Å². The van der Waals surface area contributed by atoms with Crippen LogP contribution in [-0.2, 0) is 0 Å². The highest BCUT2D eigenvalue weighted by Gasteiger charge is 2.26. The molecule has 0 amide bonds. The molecular weight excluding hydrogens is 232 g/mol. The Morgan fingerprint density at radius 3 is 2.37 bits per heavy atom. The third-order valence-corrected chi connectivity index (χ3v) is 4.02. The standard InChI is InChI=1S/C18H18O/c1-12-3-6-14(7-4-12)15-9-10-18(19)17-11-13(2)5-8-16(15)17/h3-8,11,15H,9-10H2,1-2H3/t15-/m1/s1. The van der Waals surface area contributed by atoms with E-state index in [0.717, 1.165) is 17.5 Å². The molecule has 96 valence electrons. The van der Waals surface area contributed by atoms with E-state index in [1.807, 2.05) is 13.0 Å². The Morgan fingerprint density at radius 2 is 1.63 bits per heavy atom. The van der Waals surface area contributed by atoms with Gasteiger partial charge in [0.15, 0.2) is 5.78 Å². The van der Waals surface area contributed by atoms with Crippen LogP contribution in [0.15, 0.2) is 42.5 Å². The van der Waals surface area contributed by atoms with E-state index in [9.17, 15) is 4.79 Å². The van der Waals surface area contributed by atoms with Crippen molar-refractivity contribution in [2.75, 3.05) is 0 Å².